The molecule has 4 rings (SSSR count). The quantitative estimate of drug-likeness (QED) is 0.711. The number of fused-ring (bicyclic) bond motifs is 1. The van der Waals surface area contributed by atoms with Crippen LogP contribution in [0.15, 0.2) is 54.7 Å². The lowest BCUT2D eigenvalue weighted by Gasteiger charge is -2.23. The molecule has 0 bridgehead atoms. The maximum Gasteiger partial charge on any atom is 0.258 e. The Morgan fingerprint density at radius 3 is 2.68 bits per heavy atom. The largest absolute Gasteiger partial charge is 0.294 e. The van der Waals surface area contributed by atoms with Crippen molar-refractivity contribution < 1.29 is 14.0 Å². The molecule has 0 unspecified atom stereocenters. The number of carbonyl (C=O) groups excluding carboxylic acids is 2. The highest BCUT2D eigenvalue weighted by molar-refractivity contribution is 6.31. The van der Waals surface area contributed by atoms with Gasteiger partial charge in [0.1, 0.15) is 5.82 Å². The summed E-state index contributed by atoms with van der Waals surface area (Å²) in [4.78, 5) is 33.3. The van der Waals surface area contributed by atoms with Gasteiger partial charge in [-0.3, -0.25) is 14.9 Å². The zero-order valence-corrected chi connectivity index (χ0v) is 15.4. The number of rotatable bonds is 3. The fraction of sp³-hybridized carbons (Fsp3) is 0.143. The summed E-state index contributed by atoms with van der Waals surface area (Å²) in [5.74, 6) is -0.745. The number of anilines is 1. The molecule has 0 fully saturated rings. The average molecular weight is 396 g/mol. The number of amides is 1. The standard InChI is InChI=1S/C21H15ClFN3O2/c22-15-3-1-2-13(8-15)20(28)26-21-24-11-17-18(25-21)9-14(10-19(17)27)12-4-6-16(23)7-5-12/h1-8,11,14H,9-10H2,(H,24,25,26,28)/t14-/m1/s1. The van der Waals surface area contributed by atoms with Gasteiger partial charge in [0.25, 0.3) is 5.91 Å². The normalized spacial score (nSPS) is 15.8. The molecule has 2 aromatic carbocycles. The lowest BCUT2D eigenvalue weighted by Crippen LogP contribution is -2.22. The van der Waals surface area contributed by atoms with Gasteiger partial charge < -0.3 is 0 Å². The minimum Gasteiger partial charge on any atom is -0.294 e. The second-order valence-electron chi connectivity index (χ2n) is 6.60. The van der Waals surface area contributed by atoms with Gasteiger partial charge in [0.2, 0.25) is 5.95 Å². The van der Waals surface area contributed by atoms with Gasteiger partial charge in [0, 0.05) is 23.2 Å². The number of nitrogens with zero attached hydrogens (tertiary/aromatic N) is 2. The van der Waals surface area contributed by atoms with E-state index < -0.39 is 0 Å². The van der Waals surface area contributed by atoms with E-state index in [2.05, 4.69) is 15.3 Å². The summed E-state index contributed by atoms with van der Waals surface area (Å²) in [5, 5.41) is 3.08. The summed E-state index contributed by atoms with van der Waals surface area (Å²) in [5.41, 5.74) is 2.29. The molecule has 28 heavy (non-hydrogen) atoms. The maximum atomic E-state index is 13.2. The first-order valence-corrected chi connectivity index (χ1v) is 9.09. The Labute approximate surface area is 165 Å². The highest BCUT2D eigenvalue weighted by atomic mass is 35.5. The Kier molecular flexibility index (Phi) is 4.88. The number of halogens is 2. The molecule has 140 valence electrons. The van der Waals surface area contributed by atoms with Gasteiger partial charge >= 0.3 is 0 Å². The first-order chi connectivity index (χ1) is 13.5. The third-order valence-electron chi connectivity index (χ3n) is 4.69. The number of carbonyl (C=O) groups is 2. The van der Waals surface area contributed by atoms with E-state index >= 15 is 0 Å². The van der Waals surface area contributed by atoms with Crippen LogP contribution >= 0.6 is 11.6 Å². The van der Waals surface area contributed by atoms with Gasteiger partial charge in [-0.2, -0.15) is 0 Å². The van der Waals surface area contributed by atoms with Crippen molar-refractivity contribution in [2.45, 2.75) is 18.8 Å². The predicted molar refractivity (Wildman–Crippen MR) is 103 cm³/mol. The Hall–Kier alpha value is -3.12. The molecule has 0 saturated carbocycles. The van der Waals surface area contributed by atoms with Crippen LogP contribution in [0.2, 0.25) is 5.02 Å². The molecular formula is C21H15ClFN3O2. The van der Waals surface area contributed by atoms with E-state index in [1.807, 2.05) is 0 Å². The van der Waals surface area contributed by atoms with E-state index in [4.69, 9.17) is 11.6 Å². The van der Waals surface area contributed by atoms with Gasteiger partial charge in [0.15, 0.2) is 5.78 Å². The summed E-state index contributed by atoms with van der Waals surface area (Å²) in [7, 11) is 0. The van der Waals surface area contributed by atoms with Crippen molar-refractivity contribution in [1.82, 2.24) is 9.97 Å². The molecule has 0 saturated heterocycles. The minimum absolute atomic E-state index is 0.0664. The lowest BCUT2D eigenvalue weighted by molar-refractivity contribution is 0.0962. The Bertz CT molecular complexity index is 1070. The van der Waals surface area contributed by atoms with E-state index in [1.54, 1.807) is 36.4 Å². The highest BCUT2D eigenvalue weighted by Gasteiger charge is 2.28. The van der Waals surface area contributed by atoms with Crippen LogP contribution in [-0.2, 0) is 6.42 Å². The number of hydrogen-bond acceptors (Lipinski definition) is 4. The Morgan fingerprint density at radius 1 is 1.14 bits per heavy atom. The van der Waals surface area contributed by atoms with Crippen molar-refractivity contribution in [2.24, 2.45) is 0 Å². The van der Waals surface area contributed by atoms with E-state index in [0.29, 0.717) is 34.7 Å². The van der Waals surface area contributed by atoms with E-state index in [1.165, 1.54) is 18.3 Å². The van der Waals surface area contributed by atoms with Gasteiger partial charge in [-0.05, 0) is 48.2 Å². The summed E-state index contributed by atoms with van der Waals surface area (Å²) in [6.07, 6.45) is 2.27. The van der Waals surface area contributed by atoms with Gasteiger partial charge in [-0.25, -0.2) is 14.4 Å². The van der Waals surface area contributed by atoms with E-state index in [0.717, 1.165) is 5.56 Å². The molecule has 1 N–H and O–H groups in total. The average Bonchev–Trinajstić information content (AvgIpc) is 2.68. The number of benzene rings is 2. The van der Waals surface area contributed by atoms with Crippen LogP contribution in [0.5, 0.6) is 0 Å². The van der Waals surface area contributed by atoms with Crippen LogP contribution in [-0.4, -0.2) is 21.7 Å². The molecule has 1 aromatic heterocycles. The zero-order valence-electron chi connectivity index (χ0n) is 14.7. The Morgan fingerprint density at radius 2 is 1.93 bits per heavy atom. The van der Waals surface area contributed by atoms with Crippen LogP contribution < -0.4 is 5.32 Å². The van der Waals surface area contributed by atoms with Crippen molar-refractivity contribution in [3.63, 3.8) is 0 Å². The molecule has 1 atom stereocenters. The second kappa shape index (κ2) is 7.48. The second-order valence-corrected chi connectivity index (χ2v) is 7.03. The number of nitrogens with one attached hydrogen (secondary N) is 1. The monoisotopic (exact) mass is 395 g/mol. The smallest absolute Gasteiger partial charge is 0.258 e. The first-order valence-electron chi connectivity index (χ1n) is 8.71. The number of hydrogen-bond donors (Lipinski definition) is 1. The topological polar surface area (TPSA) is 72.0 Å². The molecule has 1 aliphatic rings. The number of aromatic nitrogens is 2. The molecule has 1 amide bonds. The third-order valence-corrected chi connectivity index (χ3v) is 4.93. The van der Waals surface area contributed by atoms with Crippen molar-refractivity contribution >= 4 is 29.2 Å². The molecule has 3 aromatic rings. The van der Waals surface area contributed by atoms with Crippen LogP contribution in [0.4, 0.5) is 10.3 Å². The fourth-order valence-electron chi connectivity index (χ4n) is 3.28. The molecule has 1 aliphatic carbocycles. The third kappa shape index (κ3) is 3.77. The van der Waals surface area contributed by atoms with E-state index in [9.17, 15) is 14.0 Å². The van der Waals surface area contributed by atoms with Crippen molar-refractivity contribution in [2.75, 3.05) is 5.32 Å². The molecular weight excluding hydrogens is 381 g/mol. The first kappa shape index (κ1) is 18.3. The molecule has 7 heteroatoms. The van der Waals surface area contributed by atoms with Crippen molar-refractivity contribution in [3.8, 4) is 0 Å². The van der Waals surface area contributed by atoms with Crippen LogP contribution in [0, 0.1) is 5.82 Å². The highest BCUT2D eigenvalue weighted by Crippen LogP contribution is 2.32. The predicted octanol–water partition coefficient (Wildman–Crippen LogP) is 4.43. The van der Waals surface area contributed by atoms with Crippen molar-refractivity contribution in [1.29, 1.82) is 0 Å². The van der Waals surface area contributed by atoms with Crippen LogP contribution in [0.1, 0.15) is 44.3 Å². The van der Waals surface area contributed by atoms with Gasteiger partial charge in [-0.1, -0.05) is 29.8 Å². The molecule has 0 aliphatic heterocycles. The maximum absolute atomic E-state index is 13.2. The minimum atomic E-state index is -0.389. The van der Waals surface area contributed by atoms with Crippen LogP contribution in [0.3, 0.4) is 0 Å². The Balaban J connectivity index is 1.57. The fourth-order valence-corrected chi connectivity index (χ4v) is 3.47. The number of ketones is 1. The molecule has 0 spiro atoms. The molecule has 5 nitrogen and oxygen atoms in total. The van der Waals surface area contributed by atoms with E-state index in [-0.39, 0.29) is 29.4 Å². The zero-order chi connectivity index (χ0) is 19.7. The summed E-state index contributed by atoms with van der Waals surface area (Å²) >= 11 is 5.91. The summed E-state index contributed by atoms with van der Waals surface area (Å²) in [6, 6.07) is 12.7. The molecule has 1 heterocycles. The van der Waals surface area contributed by atoms with Gasteiger partial charge in [-0.15, -0.1) is 0 Å². The van der Waals surface area contributed by atoms with Gasteiger partial charge in [0.05, 0.1) is 11.3 Å². The van der Waals surface area contributed by atoms with Crippen molar-refractivity contribution in [3.05, 3.63) is 88.0 Å². The SMILES string of the molecule is O=C(Nc1ncc2c(n1)C[C@@H](c1ccc(F)cc1)CC2=O)c1cccc(Cl)c1. The molecule has 0 radical (unpaired) electrons. The summed E-state index contributed by atoms with van der Waals surface area (Å²) < 4.78 is 13.2. The number of Topliss-reactive ketones (excluding diaryl/α,β-unsaturated/α-hetero) is 1. The van der Waals surface area contributed by atoms with Crippen LogP contribution in [0.25, 0.3) is 0 Å². The summed E-state index contributed by atoms with van der Waals surface area (Å²) in [6.45, 7) is 0. The lowest BCUT2D eigenvalue weighted by atomic mass is 9.82.